The van der Waals surface area contributed by atoms with Gasteiger partial charge in [0.1, 0.15) is 17.7 Å². The zero-order valence-corrected chi connectivity index (χ0v) is 19.0. The molecule has 0 radical (unpaired) electrons. The highest BCUT2D eigenvalue weighted by atomic mass is 35.5. The van der Waals surface area contributed by atoms with Crippen LogP contribution in [0.1, 0.15) is 25.7 Å². The molecule has 1 aromatic heterocycles. The lowest BCUT2D eigenvalue weighted by Crippen LogP contribution is -2.52. The number of rotatable bonds is 6. The molecule has 3 aromatic rings. The van der Waals surface area contributed by atoms with Gasteiger partial charge in [0.05, 0.1) is 36.6 Å². The van der Waals surface area contributed by atoms with E-state index >= 15 is 0 Å². The molecule has 2 aromatic carbocycles. The summed E-state index contributed by atoms with van der Waals surface area (Å²) < 4.78 is 31.0. The van der Waals surface area contributed by atoms with E-state index in [4.69, 9.17) is 31.5 Å². The lowest BCUT2D eigenvalue weighted by molar-refractivity contribution is -0.149. The quantitative estimate of drug-likeness (QED) is 0.507. The molecule has 0 saturated heterocycles. The maximum Gasteiger partial charge on any atom is 0.325 e. The van der Waals surface area contributed by atoms with Gasteiger partial charge in [-0.2, -0.15) is 0 Å². The molecule has 0 unspecified atom stereocenters. The van der Waals surface area contributed by atoms with Crippen molar-refractivity contribution in [1.29, 1.82) is 0 Å². The Labute approximate surface area is 195 Å². The van der Waals surface area contributed by atoms with Crippen molar-refractivity contribution in [3.05, 3.63) is 47.5 Å². The van der Waals surface area contributed by atoms with Crippen molar-refractivity contribution in [2.24, 2.45) is 5.73 Å². The molecule has 1 heterocycles. The molecule has 3 N–H and O–H groups in total. The summed E-state index contributed by atoms with van der Waals surface area (Å²) in [6.07, 6.45) is 3.27. The summed E-state index contributed by atoms with van der Waals surface area (Å²) in [7, 11) is 2.88. The molecule has 174 valence electrons. The van der Waals surface area contributed by atoms with E-state index < -0.39 is 17.3 Å². The molecule has 0 atom stereocenters. The fraction of sp³-hybridized carbons (Fsp3) is 0.348. The van der Waals surface area contributed by atoms with E-state index in [1.54, 1.807) is 31.4 Å². The highest BCUT2D eigenvalue weighted by Crippen LogP contribution is 2.38. The van der Waals surface area contributed by atoms with Crippen molar-refractivity contribution >= 4 is 40.0 Å². The van der Waals surface area contributed by atoms with Crippen LogP contribution in [0.3, 0.4) is 0 Å². The first-order valence-corrected chi connectivity index (χ1v) is 10.8. The minimum atomic E-state index is -0.992. The summed E-state index contributed by atoms with van der Waals surface area (Å²) in [5.41, 5.74) is 5.99. The van der Waals surface area contributed by atoms with Crippen LogP contribution >= 0.6 is 11.6 Å². The number of anilines is 2. The maximum atomic E-state index is 14.4. The van der Waals surface area contributed by atoms with Crippen LogP contribution in [0.5, 0.6) is 11.5 Å². The molecule has 0 bridgehead atoms. The first-order valence-electron chi connectivity index (χ1n) is 10.4. The summed E-state index contributed by atoms with van der Waals surface area (Å²) in [4.78, 5) is 20.5. The summed E-state index contributed by atoms with van der Waals surface area (Å²) in [6.45, 7) is 0. The lowest BCUT2D eigenvalue weighted by Gasteiger charge is -2.34. The average molecular weight is 475 g/mol. The number of halogens is 2. The highest BCUT2D eigenvalue weighted by molar-refractivity contribution is 6.31. The number of hydrogen-bond donors (Lipinski definition) is 2. The van der Waals surface area contributed by atoms with Crippen molar-refractivity contribution in [3.8, 4) is 11.5 Å². The Kier molecular flexibility index (Phi) is 6.53. The monoisotopic (exact) mass is 474 g/mol. The van der Waals surface area contributed by atoms with Gasteiger partial charge >= 0.3 is 5.97 Å². The van der Waals surface area contributed by atoms with E-state index in [1.165, 1.54) is 19.5 Å². The molecule has 8 nitrogen and oxygen atoms in total. The largest absolute Gasteiger partial charge is 0.493 e. The topological polar surface area (TPSA) is 109 Å². The van der Waals surface area contributed by atoms with Crippen molar-refractivity contribution < 1.29 is 23.4 Å². The first kappa shape index (κ1) is 23.0. The van der Waals surface area contributed by atoms with Crippen LogP contribution in [-0.2, 0) is 9.53 Å². The van der Waals surface area contributed by atoms with Crippen molar-refractivity contribution in [2.45, 2.75) is 37.3 Å². The summed E-state index contributed by atoms with van der Waals surface area (Å²) in [6, 6.07) is 8.17. The zero-order valence-electron chi connectivity index (χ0n) is 18.2. The van der Waals surface area contributed by atoms with E-state index in [9.17, 15) is 9.18 Å². The number of nitrogens with zero attached hydrogens (tertiary/aromatic N) is 2. The minimum absolute atomic E-state index is 0.00397. The number of hydrogen-bond acceptors (Lipinski definition) is 8. The highest BCUT2D eigenvalue weighted by Gasteiger charge is 2.40. The molecule has 33 heavy (non-hydrogen) atoms. The molecular formula is C23H24ClFN4O4. The van der Waals surface area contributed by atoms with Gasteiger partial charge in [-0.1, -0.05) is 17.7 Å². The molecular weight excluding hydrogens is 451 g/mol. The second-order valence-corrected chi connectivity index (χ2v) is 8.34. The molecule has 4 rings (SSSR count). The molecule has 1 aliphatic rings. The van der Waals surface area contributed by atoms with Crippen LogP contribution in [-0.4, -0.2) is 41.8 Å². The lowest BCUT2D eigenvalue weighted by atomic mass is 9.81. The van der Waals surface area contributed by atoms with Gasteiger partial charge in [-0.05, 0) is 43.9 Å². The number of nitrogens with one attached hydrogen (secondary N) is 1. The Hall–Kier alpha value is -3.17. The van der Waals surface area contributed by atoms with Gasteiger partial charge in [-0.3, -0.25) is 4.79 Å². The van der Waals surface area contributed by atoms with Crippen LogP contribution in [0.25, 0.3) is 10.9 Å². The van der Waals surface area contributed by atoms with Gasteiger partial charge in [0.15, 0.2) is 17.3 Å². The van der Waals surface area contributed by atoms with Crippen LogP contribution in [0.15, 0.2) is 36.7 Å². The molecule has 0 spiro atoms. The van der Waals surface area contributed by atoms with Crippen LogP contribution in [0.2, 0.25) is 5.02 Å². The fourth-order valence-electron chi connectivity index (χ4n) is 3.95. The van der Waals surface area contributed by atoms with Gasteiger partial charge in [-0.25, -0.2) is 14.4 Å². The predicted molar refractivity (Wildman–Crippen MR) is 123 cm³/mol. The predicted octanol–water partition coefficient (Wildman–Crippen LogP) is 4.37. The summed E-state index contributed by atoms with van der Waals surface area (Å²) in [5.74, 6) is 0.393. The molecule has 1 saturated carbocycles. The summed E-state index contributed by atoms with van der Waals surface area (Å²) in [5, 5.41) is 3.60. The smallest absolute Gasteiger partial charge is 0.325 e. The number of esters is 1. The standard InChI is InChI=1S/C23H24ClFN4O4/c1-31-18-11-17-14(21(28-12-27-17)29-16-5-3-4-15(24)20(16)25)10-19(18)33-13-6-8-23(26,9-7-13)22(30)32-2/h3-5,10-13H,6-9,26H2,1-2H3,(H,27,28,29)/t13-,23-. The number of carbonyl (C=O) groups excluding carboxylic acids is 1. The SMILES string of the molecule is COc1cc2ncnc(Nc3cccc(Cl)c3F)c2cc1O[C@H]1CC[C@@](N)(C(=O)OC)CC1. The van der Waals surface area contributed by atoms with Gasteiger partial charge in [0, 0.05) is 11.5 Å². The number of methoxy groups -OCH3 is 2. The number of carbonyl (C=O) groups is 1. The van der Waals surface area contributed by atoms with Crippen molar-refractivity contribution in [3.63, 3.8) is 0 Å². The van der Waals surface area contributed by atoms with Crippen LogP contribution < -0.4 is 20.5 Å². The van der Waals surface area contributed by atoms with E-state index in [1.807, 2.05) is 0 Å². The van der Waals surface area contributed by atoms with Crippen molar-refractivity contribution in [2.75, 3.05) is 19.5 Å². The Morgan fingerprint density at radius 1 is 1.21 bits per heavy atom. The molecule has 10 heteroatoms. The zero-order chi connectivity index (χ0) is 23.6. The second-order valence-electron chi connectivity index (χ2n) is 7.93. The normalized spacial score (nSPS) is 20.3. The number of aromatic nitrogens is 2. The average Bonchev–Trinajstić information content (AvgIpc) is 2.83. The molecule has 1 fully saturated rings. The van der Waals surface area contributed by atoms with Gasteiger partial charge in [-0.15, -0.1) is 0 Å². The molecule has 0 amide bonds. The second kappa shape index (κ2) is 9.36. The van der Waals surface area contributed by atoms with Crippen LogP contribution in [0, 0.1) is 5.82 Å². The van der Waals surface area contributed by atoms with Crippen molar-refractivity contribution in [1.82, 2.24) is 9.97 Å². The number of ether oxygens (including phenoxy) is 3. The molecule has 1 aliphatic carbocycles. The third kappa shape index (κ3) is 4.65. The van der Waals surface area contributed by atoms with E-state index in [-0.39, 0.29) is 16.8 Å². The third-order valence-electron chi connectivity index (χ3n) is 5.84. The number of fused-ring (bicyclic) bond motifs is 1. The van der Waals surface area contributed by atoms with Crippen LogP contribution in [0.4, 0.5) is 15.9 Å². The Bertz CT molecular complexity index is 1180. The fourth-order valence-corrected chi connectivity index (χ4v) is 4.13. The van der Waals surface area contributed by atoms with Gasteiger partial charge in [0.2, 0.25) is 0 Å². The summed E-state index contributed by atoms with van der Waals surface area (Å²) >= 11 is 5.90. The van der Waals surface area contributed by atoms with E-state index in [2.05, 4.69) is 15.3 Å². The Morgan fingerprint density at radius 2 is 1.97 bits per heavy atom. The van der Waals surface area contributed by atoms with Gasteiger partial charge in [0.25, 0.3) is 0 Å². The van der Waals surface area contributed by atoms with E-state index in [0.29, 0.717) is 53.9 Å². The van der Waals surface area contributed by atoms with E-state index in [0.717, 1.165) is 0 Å². The maximum absolute atomic E-state index is 14.4. The number of benzene rings is 2. The third-order valence-corrected chi connectivity index (χ3v) is 6.13. The first-order chi connectivity index (χ1) is 15.8. The minimum Gasteiger partial charge on any atom is -0.493 e. The number of nitrogens with two attached hydrogens (primary N) is 1. The molecule has 0 aliphatic heterocycles. The Balaban J connectivity index is 1.62. The Morgan fingerprint density at radius 3 is 2.67 bits per heavy atom. The van der Waals surface area contributed by atoms with Gasteiger partial charge < -0.3 is 25.3 Å².